The van der Waals surface area contributed by atoms with Crippen LogP contribution in [-0.4, -0.2) is 26.1 Å². The highest BCUT2D eigenvalue weighted by atomic mass is 16.1. The molecule has 0 spiro atoms. The molecule has 1 amide bonds. The molecule has 1 rings (SSSR count). The van der Waals surface area contributed by atoms with E-state index < -0.39 is 0 Å². The molecule has 6 nitrogen and oxygen atoms in total. The number of carbonyl (C=O) groups is 1. The minimum absolute atomic E-state index is 0.0712. The molecule has 1 aromatic heterocycles. The normalized spacial score (nSPS) is 10.0. The molecule has 0 aliphatic rings. The molecular weight excluding hydrogens is 170 g/mol. The highest BCUT2D eigenvalue weighted by Crippen LogP contribution is 1.96. The van der Waals surface area contributed by atoms with Crippen molar-refractivity contribution in [2.45, 2.75) is 33.2 Å². The number of aryl methyl sites for hydroxylation is 1. The second-order valence-corrected chi connectivity index (χ2v) is 2.60. The van der Waals surface area contributed by atoms with Crippen LogP contribution in [0.4, 0.5) is 5.95 Å². The van der Waals surface area contributed by atoms with E-state index in [1.807, 2.05) is 13.8 Å². The molecule has 0 atom stereocenters. The Bertz CT molecular complexity index is 282. The van der Waals surface area contributed by atoms with Gasteiger partial charge < -0.3 is 0 Å². The number of carbonyl (C=O) groups excluding carboxylic acids is 1. The van der Waals surface area contributed by atoms with E-state index in [0.29, 0.717) is 13.0 Å². The van der Waals surface area contributed by atoms with Gasteiger partial charge in [0.25, 0.3) is 5.95 Å². The highest BCUT2D eigenvalue weighted by molar-refractivity contribution is 5.88. The predicted molar refractivity (Wildman–Crippen MR) is 47.0 cm³/mol. The molecule has 6 heteroatoms. The number of aromatic nitrogens is 4. The Labute approximate surface area is 76.3 Å². The van der Waals surface area contributed by atoms with Crippen molar-refractivity contribution < 1.29 is 4.79 Å². The van der Waals surface area contributed by atoms with Gasteiger partial charge in [-0.25, -0.2) is 0 Å². The molecule has 0 aromatic carbocycles. The molecule has 1 N–H and O–H groups in total. The summed E-state index contributed by atoms with van der Waals surface area (Å²) in [5, 5.41) is 13.8. The molecule has 0 saturated carbocycles. The van der Waals surface area contributed by atoms with Crippen LogP contribution in [0.2, 0.25) is 0 Å². The van der Waals surface area contributed by atoms with Gasteiger partial charge in [-0.3, -0.25) is 10.1 Å². The molecule has 0 saturated heterocycles. The van der Waals surface area contributed by atoms with E-state index in [1.54, 1.807) is 0 Å². The Hall–Kier alpha value is -1.46. The van der Waals surface area contributed by atoms with E-state index in [0.717, 1.165) is 6.42 Å². The van der Waals surface area contributed by atoms with Crippen LogP contribution in [0, 0.1) is 0 Å². The molecule has 0 radical (unpaired) electrons. The summed E-state index contributed by atoms with van der Waals surface area (Å²) >= 11 is 0. The lowest BCUT2D eigenvalue weighted by atomic mass is 10.3. The maximum absolute atomic E-state index is 11.1. The van der Waals surface area contributed by atoms with Gasteiger partial charge in [0, 0.05) is 6.42 Å². The van der Waals surface area contributed by atoms with Crippen LogP contribution in [0.25, 0.3) is 0 Å². The topological polar surface area (TPSA) is 72.7 Å². The predicted octanol–water partition coefficient (Wildman–Crippen LogP) is 0.432. The number of anilines is 1. The Kier molecular flexibility index (Phi) is 3.36. The maximum Gasteiger partial charge on any atom is 0.270 e. The number of tetrazole rings is 1. The van der Waals surface area contributed by atoms with E-state index in [4.69, 9.17) is 0 Å². The molecule has 0 unspecified atom stereocenters. The van der Waals surface area contributed by atoms with E-state index in [1.165, 1.54) is 4.80 Å². The largest absolute Gasteiger partial charge is 0.292 e. The summed E-state index contributed by atoms with van der Waals surface area (Å²) in [5.74, 6) is 0.207. The quantitative estimate of drug-likeness (QED) is 0.734. The van der Waals surface area contributed by atoms with Crippen molar-refractivity contribution in [1.29, 1.82) is 0 Å². The number of nitrogens with one attached hydrogen (secondary N) is 1. The van der Waals surface area contributed by atoms with Gasteiger partial charge in [0.15, 0.2) is 0 Å². The van der Waals surface area contributed by atoms with Crippen molar-refractivity contribution in [2.24, 2.45) is 0 Å². The molecule has 0 aliphatic carbocycles. The van der Waals surface area contributed by atoms with Crippen molar-refractivity contribution in [3.8, 4) is 0 Å². The van der Waals surface area contributed by atoms with E-state index in [2.05, 4.69) is 20.7 Å². The first-order valence-electron chi connectivity index (χ1n) is 4.34. The average molecular weight is 183 g/mol. The summed E-state index contributed by atoms with van der Waals surface area (Å²) in [6.07, 6.45) is 1.30. The van der Waals surface area contributed by atoms with E-state index in [-0.39, 0.29) is 11.9 Å². The summed E-state index contributed by atoms with van der Waals surface area (Å²) < 4.78 is 0. The van der Waals surface area contributed by atoms with E-state index >= 15 is 0 Å². The third kappa shape index (κ3) is 2.81. The number of hydrogen-bond acceptors (Lipinski definition) is 4. The van der Waals surface area contributed by atoms with Gasteiger partial charge in [-0.05, 0) is 18.6 Å². The molecule has 0 bridgehead atoms. The smallest absolute Gasteiger partial charge is 0.270 e. The molecule has 0 fully saturated rings. The number of amides is 1. The van der Waals surface area contributed by atoms with Crippen LogP contribution in [0.15, 0.2) is 0 Å². The van der Waals surface area contributed by atoms with Crippen molar-refractivity contribution in [1.82, 2.24) is 20.2 Å². The Morgan fingerprint density at radius 3 is 2.85 bits per heavy atom. The first-order chi connectivity index (χ1) is 6.26. The van der Waals surface area contributed by atoms with Crippen molar-refractivity contribution >= 4 is 11.9 Å². The molecule has 13 heavy (non-hydrogen) atoms. The fourth-order valence-corrected chi connectivity index (χ4v) is 0.842. The van der Waals surface area contributed by atoms with Gasteiger partial charge in [0.1, 0.15) is 0 Å². The molecule has 72 valence electrons. The lowest BCUT2D eigenvalue weighted by Gasteiger charge is -1.96. The van der Waals surface area contributed by atoms with Crippen LogP contribution in [-0.2, 0) is 11.3 Å². The van der Waals surface area contributed by atoms with Gasteiger partial charge in [-0.15, -0.1) is 5.10 Å². The van der Waals surface area contributed by atoms with Gasteiger partial charge in [-0.1, -0.05) is 12.0 Å². The second kappa shape index (κ2) is 4.54. The minimum atomic E-state index is -0.0712. The Balaban J connectivity index is 2.49. The number of rotatable bonds is 4. The fourth-order valence-electron chi connectivity index (χ4n) is 0.842. The average Bonchev–Trinajstić information content (AvgIpc) is 2.52. The Morgan fingerprint density at radius 1 is 1.54 bits per heavy atom. The monoisotopic (exact) mass is 183 g/mol. The summed E-state index contributed by atoms with van der Waals surface area (Å²) in [4.78, 5) is 12.5. The van der Waals surface area contributed by atoms with Crippen molar-refractivity contribution in [3.05, 3.63) is 0 Å². The highest BCUT2D eigenvalue weighted by Gasteiger charge is 2.04. The summed E-state index contributed by atoms with van der Waals surface area (Å²) in [5.41, 5.74) is 0. The van der Waals surface area contributed by atoms with Gasteiger partial charge in [0.05, 0.1) is 6.54 Å². The van der Waals surface area contributed by atoms with Crippen LogP contribution in [0.1, 0.15) is 26.7 Å². The number of hydrogen-bond donors (Lipinski definition) is 1. The van der Waals surface area contributed by atoms with Crippen LogP contribution < -0.4 is 5.32 Å². The zero-order valence-electron chi connectivity index (χ0n) is 7.82. The third-order valence-electron chi connectivity index (χ3n) is 1.46. The maximum atomic E-state index is 11.1. The first kappa shape index (κ1) is 9.63. The minimum Gasteiger partial charge on any atom is -0.292 e. The third-order valence-corrected chi connectivity index (χ3v) is 1.46. The zero-order chi connectivity index (χ0) is 9.68. The van der Waals surface area contributed by atoms with Crippen molar-refractivity contribution in [2.75, 3.05) is 5.32 Å². The molecular formula is C7H13N5O. The fraction of sp³-hybridized carbons (Fsp3) is 0.714. The van der Waals surface area contributed by atoms with Gasteiger partial charge >= 0.3 is 0 Å². The van der Waals surface area contributed by atoms with Crippen LogP contribution in [0.3, 0.4) is 0 Å². The number of nitrogens with zero attached hydrogens (tertiary/aromatic N) is 4. The van der Waals surface area contributed by atoms with Crippen LogP contribution >= 0.6 is 0 Å². The van der Waals surface area contributed by atoms with Crippen LogP contribution in [0.5, 0.6) is 0 Å². The second-order valence-electron chi connectivity index (χ2n) is 2.60. The van der Waals surface area contributed by atoms with Gasteiger partial charge in [-0.2, -0.15) is 4.80 Å². The molecule has 0 aliphatic heterocycles. The lowest BCUT2D eigenvalue weighted by molar-refractivity contribution is -0.116. The molecule has 1 heterocycles. The summed E-state index contributed by atoms with van der Waals surface area (Å²) in [6, 6.07) is 0. The Morgan fingerprint density at radius 2 is 2.31 bits per heavy atom. The van der Waals surface area contributed by atoms with Crippen molar-refractivity contribution in [3.63, 3.8) is 0 Å². The first-order valence-corrected chi connectivity index (χ1v) is 4.34. The van der Waals surface area contributed by atoms with E-state index in [9.17, 15) is 4.79 Å². The summed E-state index contributed by atoms with van der Waals surface area (Å²) in [6.45, 7) is 4.49. The SMILES string of the molecule is CCCC(=O)Nc1nnn(CC)n1. The van der Waals surface area contributed by atoms with Gasteiger partial charge in [0.2, 0.25) is 5.91 Å². The molecule has 1 aromatic rings. The standard InChI is InChI=1S/C7H13N5O/c1-3-5-6(13)8-7-9-11-12(4-2)10-7/h3-5H2,1-2H3,(H,8,10,13). The lowest BCUT2D eigenvalue weighted by Crippen LogP contribution is -2.12. The zero-order valence-corrected chi connectivity index (χ0v) is 7.82. The summed E-state index contributed by atoms with van der Waals surface area (Å²) in [7, 11) is 0.